The topological polar surface area (TPSA) is 213 Å². The summed E-state index contributed by atoms with van der Waals surface area (Å²) in [4.78, 5) is 66.6. The van der Waals surface area contributed by atoms with Gasteiger partial charge >= 0.3 is 12.0 Å². The van der Waals surface area contributed by atoms with Crippen LogP contribution in [0.1, 0.15) is 91.5 Å². The van der Waals surface area contributed by atoms with Gasteiger partial charge in [-0.3, -0.25) is 14.4 Å². The van der Waals surface area contributed by atoms with Gasteiger partial charge in [0.25, 0.3) is 0 Å². The molecular weight excluding hydrogens is 689 g/mol. The van der Waals surface area contributed by atoms with Crippen LogP contribution in [0, 0.1) is 11.3 Å². The third-order valence-corrected chi connectivity index (χ3v) is 11.0. The molecule has 3 saturated heterocycles. The van der Waals surface area contributed by atoms with E-state index in [1.807, 2.05) is 32.5 Å². The van der Waals surface area contributed by atoms with Crippen LogP contribution in [0.3, 0.4) is 0 Å². The third kappa shape index (κ3) is 12.0. The summed E-state index contributed by atoms with van der Waals surface area (Å²) in [6.07, 6.45) is 5.56. The van der Waals surface area contributed by atoms with Gasteiger partial charge in [0.1, 0.15) is 6.04 Å². The van der Waals surface area contributed by atoms with Crippen molar-refractivity contribution in [3.8, 4) is 0 Å². The number of nitrogens with one attached hydrogen (secondary N) is 5. The number of thioether (sulfide) groups is 1. The minimum Gasteiger partial charge on any atom is -0.432 e. The molecule has 5 N–H and O–H groups in total. The van der Waals surface area contributed by atoms with Gasteiger partial charge in [-0.15, -0.1) is 0 Å². The van der Waals surface area contributed by atoms with Crippen LogP contribution in [0.4, 0.5) is 10.5 Å². The van der Waals surface area contributed by atoms with Crippen molar-refractivity contribution in [3.05, 3.63) is 40.3 Å². The Kier molecular flexibility index (Phi) is 14.6. The van der Waals surface area contributed by atoms with Crippen LogP contribution in [0.5, 0.6) is 0 Å². The van der Waals surface area contributed by atoms with E-state index in [-0.39, 0.29) is 36.3 Å². The van der Waals surface area contributed by atoms with Gasteiger partial charge in [0.05, 0.1) is 18.0 Å². The van der Waals surface area contributed by atoms with Gasteiger partial charge in [-0.25, -0.2) is 9.59 Å². The molecule has 52 heavy (non-hydrogen) atoms. The fourth-order valence-electron chi connectivity index (χ4n) is 6.70. The molecule has 3 heterocycles. The van der Waals surface area contributed by atoms with E-state index in [4.69, 9.17) is 15.0 Å². The van der Waals surface area contributed by atoms with Crippen LogP contribution in [0.15, 0.2) is 29.4 Å². The van der Waals surface area contributed by atoms with E-state index < -0.39 is 41.1 Å². The number of urea groups is 1. The summed E-state index contributed by atoms with van der Waals surface area (Å²) in [6.45, 7) is 9.81. The van der Waals surface area contributed by atoms with Crippen LogP contribution in [0.25, 0.3) is 10.4 Å². The summed E-state index contributed by atoms with van der Waals surface area (Å²) in [5.41, 5.74) is 9.19. The van der Waals surface area contributed by atoms with Crippen molar-refractivity contribution in [2.75, 3.05) is 18.8 Å². The zero-order valence-corrected chi connectivity index (χ0v) is 31.7. The van der Waals surface area contributed by atoms with E-state index in [1.54, 1.807) is 38.1 Å². The number of nitrogens with zero attached hydrogens (tertiary/aromatic N) is 3. The van der Waals surface area contributed by atoms with Gasteiger partial charge in [0, 0.05) is 55.0 Å². The lowest BCUT2D eigenvalue weighted by Gasteiger charge is -2.32. The van der Waals surface area contributed by atoms with E-state index in [0.29, 0.717) is 36.0 Å². The molecule has 3 fully saturated rings. The van der Waals surface area contributed by atoms with Crippen molar-refractivity contribution in [3.63, 3.8) is 0 Å². The number of fused-ring (bicyclic) bond motifs is 1. The van der Waals surface area contributed by atoms with E-state index in [9.17, 15) is 24.0 Å². The molecule has 0 saturated carbocycles. The smallest absolute Gasteiger partial charge is 0.338 e. The number of unbranched alkanes of at least 4 members (excludes halogenated alkanes) is 4. The SMILES string of the molecule is CC1(C)OC(=O)C([C@@H](Cc2ccc(N=[N+]=[N-])cc2)C(=O)N[C@H](C(=O)NCCCCCCNC(=O)CCCCC2SCC3NC(=O)NC32)C(C)(C)C)O1. The number of rotatable bonds is 19. The Hall–Kier alpha value is -4.01. The Morgan fingerprint density at radius 3 is 2.33 bits per heavy atom. The number of carbonyl (C=O) groups is 5. The quantitative estimate of drug-likeness (QED) is 0.0339. The van der Waals surface area contributed by atoms with Crippen LogP contribution in [0.2, 0.25) is 0 Å². The number of benzene rings is 1. The lowest BCUT2D eigenvalue weighted by atomic mass is 9.84. The van der Waals surface area contributed by atoms with Crippen molar-refractivity contribution in [1.82, 2.24) is 26.6 Å². The predicted molar refractivity (Wildman–Crippen MR) is 197 cm³/mol. The normalized spacial score (nSPS) is 22.9. The Bertz CT molecular complexity index is 1480. The molecule has 1 aromatic carbocycles. The molecule has 286 valence electrons. The van der Waals surface area contributed by atoms with Crippen LogP contribution >= 0.6 is 11.8 Å². The fourth-order valence-corrected chi connectivity index (χ4v) is 8.24. The first-order valence-corrected chi connectivity index (χ1v) is 19.3. The van der Waals surface area contributed by atoms with Crippen molar-refractivity contribution in [2.45, 2.75) is 128 Å². The zero-order chi connectivity index (χ0) is 37.9. The van der Waals surface area contributed by atoms with E-state index >= 15 is 0 Å². The minimum atomic E-state index is -1.20. The molecule has 1 aromatic rings. The van der Waals surface area contributed by atoms with Crippen LogP contribution < -0.4 is 26.6 Å². The number of azide groups is 1. The molecule has 4 rings (SSSR count). The maximum Gasteiger partial charge on any atom is 0.338 e. The summed E-state index contributed by atoms with van der Waals surface area (Å²) in [6, 6.07) is 6.11. The standard InChI is InChI=1S/C36H54N8O7S/c1-35(2,3)30(42-31(46)24(29-33(48)51-36(4,5)50-29)20-22-14-16-23(17-15-22)43-44-37)32(47)39-19-11-7-6-10-18-38-27(45)13-9-8-12-26-28-25(21-52-26)40-34(49)41-28/h14-17,24-26,28-30H,6-13,18-21H2,1-5H3,(H,38,45)(H,39,47)(H,42,46)(H2,40,41,49)/t24-,25?,26?,28?,29?,30-/m1/s1. The maximum atomic E-state index is 13.8. The monoisotopic (exact) mass is 742 g/mol. The lowest BCUT2D eigenvalue weighted by Crippen LogP contribution is -2.56. The lowest BCUT2D eigenvalue weighted by molar-refractivity contribution is -0.162. The highest BCUT2D eigenvalue weighted by Gasteiger charge is 2.48. The van der Waals surface area contributed by atoms with E-state index in [0.717, 1.165) is 50.7 Å². The molecule has 5 amide bonds. The van der Waals surface area contributed by atoms with Gasteiger partial charge in [-0.1, -0.05) is 69.4 Å². The molecule has 0 radical (unpaired) electrons. The molecular formula is C36H54N8O7S. The first kappa shape index (κ1) is 40.8. The number of amides is 5. The number of hydrogen-bond acceptors (Lipinski definition) is 9. The molecule has 15 nitrogen and oxygen atoms in total. The summed E-state index contributed by atoms with van der Waals surface area (Å²) < 4.78 is 11.2. The fraction of sp³-hybridized carbons (Fsp3) is 0.694. The van der Waals surface area contributed by atoms with Crippen molar-refractivity contribution in [1.29, 1.82) is 0 Å². The second-order valence-corrected chi connectivity index (χ2v) is 16.5. The number of esters is 1. The largest absolute Gasteiger partial charge is 0.432 e. The van der Waals surface area contributed by atoms with Crippen molar-refractivity contribution in [2.24, 2.45) is 16.4 Å². The molecule has 4 unspecified atom stereocenters. The van der Waals surface area contributed by atoms with Gasteiger partial charge in [-0.2, -0.15) is 11.8 Å². The Balaban J connectivity index is 1.16. The van der Waals surface area contributed by atoms with Gasteiger partial charge < -0.3 is 36.1 Å². The van der Waals surface area contributed by atoms with Gasteiger partial charge in [-0.05, 0) is 48.6 Å². The predicted octanol–water partition coefficient (Wildman–Crippen LogP) is 4.51. The molecule has 0 spiro atoms. The molecule has 0 aromatic heterocycles. The molecule has 16 heteroatoms. The van der Waals surface area contributed by atoms with Crippen molar-refractivity contribution < 1.29 is 33.4 Å². The highest BCUT2D eigenvalue weighted by molar-refractivity contribution is 8.00. The van der Waals surface area contributed by atoms with Crippen LogP contribution in [-0.2, 0) is 35.1 Å². The summed E-state index contributed by atoms with van der Waals surface area (Å²) in [5.74, 6) is -2.69. The summed E-state index contributed by atoms with van der Waals surface area (Å²) >= 11 is 1.89. The third-order valence-electron chi connectivity index (χ3n) is 9.46. The second kappa shape index (κ2) is 18.7. The number of cyclic esters (lactones) is 1. The van der Waals surface area contributed by atoms with Gasteiger partial charge in [0.2, 0.25) is 23.5 Å². The molecule has 3 aliphatic heterocycles. The number of carbonyl (C=O) groups excluding carboxylic acids is 5. The van der Waals surface area contributed by atoms with Gasteiger partial charge in [0.15, 0.2) is 6.10 Å². The number of hydrogen-bond donors (Lipinski definition) is 5. The first-order chi connectivity index (χ1) is 24.7. The number of ether oxygens (including phenoxy) is 2. The van der Waals surface area contributed by atoms with Crippen LogP contribution in [-0.4, -0.2) is 83.8 Å². The molecule has 0 aliphatic carbocycles. The van der Waals surface area contributed by atoms with E-state index in [1.165, 1.54) is 0 Å². The van der Waals surface area contributed by atoms with Crippen molar-refractivity contribution >= 4 is 47.2 Å². The minimum absolute atomic E-state index is 0.0564. The molecule has 6 atom stereocenters. The Morgan fingerprint density at radius 1 is 1.00 bits per heavy atom. The summed E-state index contributed by atoms with van der Waals surface area (Å²) in [5, 5.41) is 18.8. The first-order valence-electron chi connectivity index (χ1n) is 18.2. The zero-order valence-electron chi connectivity index (χ0n) is 30.9. The molecule has 0 bridgehead atoms. The highest BCUT2D eigenvalue weighted by atomic mass is 32.2. The summed E-state index contributed by atoms with van der Waals surface area (Å²) in [7, 11) is 0. The average Bonchev–Trinajstić information content (AvgIpc) is 3.72. The van der Waals surface area contributed by atoms with E-state index in [2.05, 4.69) is 36.6 Å². The molecule has 3 aliphatic rings. The second-order valence-electron chi connectivity index (χ2n) is 15.3. The average molecular weight is 743 g/mol. The highest BCUT2D eigenvalue weighted by Crippen LogP contribution is 2.34. The Morgan fingerprint density at radius 2 is 1.69 bits per heavy atom. The Labute approximate surface area is 309 Å². The maximum absolute atomic E-state index is 13.8.